The first kappa shape index (κ1) is 12.4. The molecule has 0 unspecified atom stereocenters. The van der Waals surface area contributed by atoms with E-state index >= 15 is 0 Å². The fourth-order valence-electron chi connectivity index (χ4n) is 1.41. The highest BCUT2D eigenvalue weighted by atomic mass is 35.5. The third kappa shape index (κ3) is 2.78. The van der Waals surface area contributed by atoms with Crippen LogP contribution in [0.1, 0.15) is 15.9 Å². The van der Waals surface area contributed by atoms with E-state index in [2.05, 4.69) is 4.98 Å². The molecule has 2 aromatic rings. The maximum atomic E-state index is 11.8. The average Bonchev–Trinajstić information content (AvgIpc) is 2.40. The van der Waals surface area contributed by atoms with E-state index in [0.29, 0.717) is 5.69 Å². The number of carbonyl (C=O) groups is 1. The molecule has 2 N–H and O–H groups in total. The molecule has 0 aliphatic rings. The van der Waals surface area contributed by atoms with E-state index in [1.165, 1.54) is 0 Å². The Kier molecular flexibility index (Phi) is 3.79. The van der Waals surface area contributed by atoms with Crippen molar-refractivity contribution in [3.8, 4) is 0 Å². The molecule has 0 spiro atoms. The van der Waals surface area contributed by atoms with Crippen molar-refractivity contribution in [3.05, 3.63) is 58.9 Å². The van der Waals surface area contributed by atoms with Crippen molar-refractivity contribution in [1.29, 1.82) is 0 Å². The Morgan fingerprint density at radius 3 is 2.72 bits per heavy atom. The minimum atomic E-state index is -0.496. The van der Waals surface area contributed by atoms with Crippen molar-refractivity contribution < 1.29 is 9.53 Å². The van der Waals surface area contributed by atoms with Gasteiger partial charge in [0.25, 0.3) is 0 Å². The highest BCUT2D eigenvalue weighted by Crippen LogP contribution is 2.23. The molecular formula is C13H11ClN2O2. The molecule has 0 saturated carbocycles. The number of nitrogens with two attached hydrogens (primary N) is 1. The summed E-state index contributed by atoms with van der Waals surface area (Å²) in [5.41, 5.74) is 7.10. The van der Waals surface area contributed by atoms with Crippen LogP contribution in [0.25, 0.3) is 0 Å². The molecule has 5 heteroatoms. The lowest BCUT2D eigenvalue weighted by molar-refractivity contribution is 0.0473. The van der Waals surface area contributed by atoms with Crippen molar-refractivity contribution in [2.45, 2.75) is 6.61 Å². The smallest absolute Gasteiger partial charge is 0.340 e. The Hall–Kier alpha value is -2.07. The van der Waals surface area contributed by atoms with Crippen LogP contribution in [0.15, 0.2) is 42.7 Å². The second-order valence-electron chi connectivity index (χ2n) is 3.64. The van der Waals surface area contributed by atoms with Gasteiger partial charge in [0.15, 0.2) is 0 Å². The Morgan fingerprint density at radius 1 is 1.28 bits per heavy atom. The van der Waals surface area contributed by atoms with Gasteiger partial charge in [0.1, 0.15) is 6.61 Å². The third-order valence-corrected chi connectivity index (χ3v) is 2.79. The number of anilines is 1. The summed E-state index contributed by atoms with van der Waals surface area (Å²) in [7, 11) is 0. The Balaban J connectivity index is 2.07. The first-order valence-corrected chi connectivity index (χ1v) is 5.66. The number of esters is 1. The third-order valence-electron chi connectivity index (χ3n) is 2.37. The predicted molar refractivity (Wildman–Crippen MR) is 69.2 cm³/mol. The minimum absolute atomic E-state index is 0.173. The van der Waals surface area contributed by atoms with Crippen LogP contribution < -0.4 is 5.73 Å². The molecule has 0 radical (unpaired) electrons. The lowest BCUT2D eigenvalue weighted by Crippen LogP contribution is -2.07. The maximum absolute atomic E-state index is 11.8. The summed E-state index contributed by atoms with van der Waals surface area (Å²) in [5, 5.41) is 0.220. The SMILES string of the molecule is Nc1cccc(C(=O)OCc2ccncc2)c1Cl. The van der Waals surface area contributed by atoms with Gasteiger partial charge in [-0.2, -0.15) is 0 Å². The monoisotopic (exact) mass is 262 g/mol. The Labute approximate surface area is 109 Å². The number of pyridine rings is 1. The van der Waals surface area contributed by atoms with Crippen LogP contribution in [0.2, 0.25) is 5.02 Å². The number of nitrogen functional groups attached to an aromatic ring is 1. The summed E-state index contributed by atoms with van der Waals surface area (Å²) in [4.78, 5) is 15.7. The zero-order chi connectivity index (χ0) is 13.0. The number of ether oxygens (including phenoxy) is 1. The van der Waals surface area contributed by atoms with Gasteiger partial charge < -0.3 is 10.5 Å². The zero-order valence-electron chi connectivity index (χ0n) is 9.47. The molecule has 1 aromatic heterocycles. The summed E-state index contributed by atoms with van der Waals surface area (Å²) in [5.74, 6) is -0.496. The summed E-state index contributed by atoms with van der Waals surface area (Å²) in [6.45, 7) is 0.173. The Morgan fingerprint density at radius 2 is 2.00 bits per heavy atom. The van der Waals surface area contributed by atoms with Gasteiger partial charge in [-0.05, 0) is 29.8 Å². The number of rotatable bonds is 3. The van der Waals surface area contributed by atoms with Gasteiger partial charge in [-0.15, -0.1) is 0 Å². The normalized spacial score (nSPS) is 10.1. The molecule has 0 atom stereocenters. The highest BCUT2D eigenvalue weighted by molar-refractivity contribution is 6.36. The molecule has 0 fully saturated rings. The van der Waals surface area contributed by atoms with E-state index < -0.39 is 5.97 Å². The van der Waals surface area contributed by atoms with Crippen molar-refractivity contribution in [1.82, 2.24) is 4.98 Å². The van der Waals surface area contributed by atoms with Gasteiger partial charge in [0.05, 0.1) is 16.3 Å². The van der Waals surface area contributed by atoms with Crippen LogP contribution in [0.3, 0.4) is 0 Å². The minimum Gasteiger partial charge on any atom is -0.457 e. The summed E-state index contributed by atoms with van der Waals surface area (Å²) < 4.78 is 5.14. The molecule has 0 aliphatic heterocycles. The van der Waals surface area contributed by atoms with E-state index in [1.54, 1.807) is 42.7 Å². The lowest BCUT2D eigenvalue weighted by atomic mass is 10.2. The van der Waals surface area contributed by atoms with Crippen LogP contribution in [0, 0.1) is 0 Å². The summed E-state index contributed by atoms with van der Waals surface area (Å²) in [6.07, 6.45) is 3.27. The first-order chi connectivity index (χ1) is 8.68. The zero-order valence-corrected chi connectivity index (χ0v) is 10.2. The fourth-order valence-corrected chi connectivity index (χ4v) is 1.62. The average molecular weight is 263 g/mol. The van der Waals surface area contributed by atoms with Gasteiger partial charge in [-0.25, -0.2) is 4.79 Å². The first-order valence-electron chi connectivity index (χ1n) is 5.28. The van der Waals surface area contributed by atoms with Gasteiger partial charge in [0.2, 0.25) is 0 Å². The molecule has 0 amide bonds. The number of hydrogen-bond acceptors (Lipinski definition) is 4. The molecule has 0 aliphatic carbocycles. The molecule has 1 heterocycles. The van der Waals surface area contributed by atoms with Crippen LogP contribution in [-0.4, -0.2) is 11.0 Å². The van der Waals surface area contributed by atoms with Gasteiger partial charge in [-0.1, -0.05) is 17.7 Å². The molecule has 0 bridgehead atoms. The van der Waals surface area contributed by atoms with Crippen molar-refractivity contribution >= 4 is 23.3 Å². The van der Waals surface area contributed by atoms with Gasteiger partial charge >= 0.3 is 5.97 Å². The van der Waals surface area contributed by atoms with Crippen molar-refractivity contribution in [3.63, 3.8) is 0 Å². The highest BCUT2D eigenvalue weighted by Gasteiger charge is 2.13. The number of carbonyl (C=O) groups excluding carboxylic acids is 1. The number of benzene rings is 1. The number of aromatic nitrogens is 1. The molecule has 1 aromatic carbocycles. The van der Waals surface area contributed by atoms with E-state index in [-0.39, 0.29) is 17.2 Å². The van der Waals surface area contributed by atoms with E-state index in [0.717, 1.165) is 5.56 Å². The van der Waals surface area contributed by atoms with Crippen LogP contribution in [-0.2, 0) is 11.3 Å². The lowest BCUT2D eigenvalue weighted by Gasteiger charge is -2.07. The number of nitrogens with zero attached hydrogens (tertiary/aromatic N) is 1. The van der Waals surface area contributed by atoms with E-state index in [4.69, 9.17) is 22.1 Å². The topological polar surface area (TPSA) is 65.2 Å². The molecule has 18 heavy (non-hydrogen) atoms. The molecular weight excluding hydrogens is 252 g/mol. The molecule has 2 rings (SSSR count). The predicted octanol–water partition coefficient (Wildman–Crippen LogP) is 2.67. The van der Waals surface area contributed by atoms with Gasteiger partial charge in [-0.3, -0.25) is 4.98 Å². The fraction of sp³-hybridized carbons (Fsp3) is 0.0769. The van der Waals surface area contributed by atoms with E-state index in [1.807, 2.05) is 0 Å². The quantitative estimate of drug-likeness (QED) is 0.682. The Bertz CT molecular complexity index is 558. The summed E-state index contributed by atoms with van der Waals surface area (Å²) >= 11 is 5.93. The van der Waals surface area contributed by atoms with Crippen LogP contribution >= 0.6 is 11.6 Å². The summed E-state index contributed by atoms with van der Waals surface area (Å²) in [6, 6.07) is 8.41. The number of hydrogen-bond donors (Lipinski definition) is 1. The van der Waals surface area contributed by atoms with Crippen molar-refractivity contribution in [2.24, 2.45) is 0 Å². The number of halogens is 1. The molecule has 0 saturated heterocycles. The standard InChI is InChI=1S/C13H11ClN2O2/c14-12-10(2-1-3-11(12)15)13(17)18-8-9-4-6-16-7-5-9/h1-7H,8,15H2. The van der Waals surface area contributed by atoms with E-state index in [9.17, 15) is 4.79 Å². The van der Waals surface area contributed by atoms with Gasteiger partial charge in [0, 0.05) is 12.4 Å². The molecule has 4 nitrogen and oxygen atoms in total. The van der Waals surface area contributed by atoms with Crippen molar-refractivity contribution in [2.75, 3.05) is 5.73 Å². The largest absolute Gasteiger partial charge is 0.457 e. The molecule has 92 valence electrons. The van der Waals surface area contributed by atoms with Crippen LogP contribution in [0.4, 0.5) is 5.69 Å². The maximum Gasteiger partial charge on any atom is 0.340 e. The second-order valence-corrected chi connectivity index (χ2v) is 4.02. The van der Waals surface area contributed by atoms with Crippen LogP contribution in [0.5, 0.6) is 0 Å². The second kappa shape index (κ2) is 5.51.